The number of hydrogen-bond donors (Lipinski definition) is 1. The van der Waals surface area contributed by atoms with Crippen LogP contribution in [0, 0.1) is 11.6 Å². The molecule has 4 aromatic rings. The second kappa shape index (κ2) is 9.92. The van der Waals surface area contributed by atoms with Gasteiger partial charge in [0.25, 0.3) is 0 Å². The van der Waals surface area contributed by atoms with Crippen molar-refractivity contribution in [2.24, 2.45) is 0 Å². The zero-order valence-electron chi connectivity index (χ0n) is 18.1. The summed E-state index contributed by atoms with van der Waals surface area (Å²) in [6.07, 6.45) is 2.44. The fraction of sp³-hybridized carbons (Fsp3) is 0.125. The van der Waals surface area contributed by atoms with Crippen molar-refractivity contribution in [1.29, 1.82) is 0 Å². The number of anilines is 2. The molecule has 0 aliphatic rings. The van der Waals surface area contributed by atoms with Crippen LogP contribution >= 0.6 is 0 Å². The summed E-state index contributed by atoms with van der Waals surface area (Å²) >= 11 is 0. The van der Waals surface area contributed by atoms with Crippen LogP contribution in [0.1, 0.15) is 11.1 Å². The lowest BCUT2D eigenvalue weighted by Gasteiger charge is -2.12. The average molecular weight is 483 g/mol. The molecule has 0 bridgehead atoms. The fourth-order valence-electron chi connectivity index (χ4n) is 3.25. The topological polar surface area (TPSA) is 94.1 Å². The largest absolute Gasteiger partial charge is 0.488 e. The molecule has 0 amide bonds. The number of benzene rings is 3. The Labute approximate surface area is 195 Å². The van der Waals surface area contributed by atoms with Crippen molar-refractivity contribution in [3.8, 4) is 17.1 Å². The Balaban J connectivity index is 1.58. The third-order valence-electron chi connectivity index (χ3n) is 4.65. The van der Waals surface area contributed by atoms with E-state index in [9.17, 15) is 17.2 Å². The molecule has 1 aromatic heterocycles. The molecule has 0 aliphatic carbocycles. The highest BCUT2D eigenvalue weighted by Gasteiger charge is 2.13. The van der Waals surface area contributed by atoms with E-state index in [1.54, 1.807) is 36.4 Å². The maximum absolute atomic E-state index is 14.0. The molecule has 0 saturated carbocycles. The summed E-state index contributed by atoms with van der Waals surface area (Å²) in [5.74, 6) is -0.315. The Kier molecular flexibility index (Phi) is 6.78. The van der Waals surface area contributed by atoms with Crippen LogP contribution in [0.15, 0.2) is 73.1 Å². The highest BCUT2D eigenvalue weighted by molar-refractivity contribution is 7.89. The van der Waals surface area contributed by atoms with Crippen molar-refractivity contribution in [2.75, 3.05) is 11.6 Å². The van der Waals surface area contributed by atoms with Crippen LogP contribution in [-0.4, -0.2) is 29.6 Å². The van der Waals surface area contributed by atoms with Gasteiger partial charge in [0.05, 0.1) is 11.3 Å². The smallest absolute Gasteiger partial charge is 0.230 e. The summed E-state index contributed by atoms with van der Waals surface area (Å²) < 4.78 is 56.4. The number of aromatic nitrogens is 3. The first-order chi connectivity index (χ1) is 16.2. The summed E-state index contributed by atoms with van der Waals surface area (Å²) in [6, 6.07) is 16.8. The Morgan fingerprint density at radius 2 is 1.68 bits per heavy atom. The number of nitrogens with zero attached hydrogens (tertiary/aromatic N) is 3. The molecule has 34 heavy (non-hydrogen) atoms. The molecule has 3 aromatic carbocycles. The van der Waals surface area contributed by atoms with Gasteiger partial charge in [0.1, 0.15) is 30.3 Å². The highest BCUT2D eigenvalue weighted by atomic mass is 32.2. The van der Waals surface area contributed by atoms with Crippen molar-refractivity contribution in [3.63, 3.8) is 0 Å². The lowest BCUT2D eigenvalue weighted by Crippen LogP contribution is -2.04. The average Bonchev–Trinajstić information content (AvgIpc) is 2.77. The quantitative estimate of drug-likeness (QED) is 0.390. The van der Waals surface area contributed by atoms with E-state index in [0.29, 0.717) is 28.1 Å². The van der Waals surface area contributed by atoms with E-state index in [-0.39, 0.29) is 29.9 Å². The van der Waals surface area contributed by atoms with Crippen molar-refractivity contribution in [2.45, 2.75) is 12.4 Å². The van der Waals surface area contributed by atoms with Crippen LogP contribution in [0.4, 0.5) is 20.4 Å². The molecule has 0 spiro atoms. The first-order valence-corrected chi connectivity index (χ1v) is 12.2. The van der Waals surface area contributed by atoms with E-state index in [4.69, 9.17) is 4.74 Å². The predicted molar refractivity (Wildman–Crippen MR) is 124 cm³/mol. The molecule has 174 valence electrons. The zero-order valence-corrected chi connectivity index (χ0v) is 18.9. The number of ether oxygens (including phenoxy) is 1. The predicted octanol–water partition coefficient (Wildman–Crippen LogP) is 4.68. The van der Waals surface area contributed by atoms with Crippen LogP contribution in [0.3, 0.4) is 0 Å². The highest BCUT2D eigenvalue weighted by Crippen LogP contribution is 2.30. The lowest BCUT2D eigenvalue weighted by atomic mass is 10.1. The second-order valence-corrected chi connectivity index (χ2v) is 9.73. The zero-order chi connectivity index (χ0) is 24.1. The summed E-state index contributed by atoms with van der Waals surface area (Å²) in [5.41, 5.74) is 2.11. The minimum Gasteiger partial charge on any atom is -0.488 e. The minimum absolute atomic E-state index is 0.0692. The summed E-state index contributed by atoms with van der Waals surface area (Å²) in [4.78, 5) is 12.6. The Hall–Kier alpha value is -3.92. The summed E-state index contributed by atoms with van der Waals surface area (Å²) in [5, 5.41) is 3.01. The van der Waals surface area contributed by atoms with Crippen LogP contribution < -0.4 is 10.1 Å². The van der Waals surface area contributed by atoms with Crippen LogP contribution in [0.25, 0.3) is 11.4 Å². The fourth-order valence-corrected chi connectivity index (χ4v) is 4.03. The van der Waals surface area contributed by atoms with Gasteiger partial charge in [-0.05, 0) is 53.6 Å². The molecule has 7 nitrogen and oxygen atoms in total. The Bertz CT molecular complexity index is 1430. The monoisotopic (exact) mass is 482 g/mol. The van der Waals surface area contributed by atoms with Crippen LogP contribution in [0.2, 0.25) is 0 Å². The Morgan fingerprint density at radius 3 is 2.47 bits per heavy atom. The van der Waals surface area contributed by atoms with E-state index in [1.807, 2.05) is 0 Å². The van der Waals surface area contributed by atoms with E-state index >= 15 is 0 Å². The molecular formula is C24H20F2N4O3S. The van der Waals surface area contributed by atoms with Gasteiger partial charge in [-0.2, -0.15) is 4.98 Å². The molecule has 0 fully saturated rings. The van der Waals surface area contributed by atoms with Gasteiger partial charge >= 0.3 is 0 Å². The summed E-state index contributed by atoms with van der Waals surface area (Å²) in [7, 11) is -3.19. The molecular weight excluding hydrogens is 462 g/mol. The molecule has 10 heteroatoms. The molecule has 0 unspecified atom stereocenters. The molecule has 4 rings (SSSR count). The first kappa shape index (κ1) is 23.2. The van der Waals surface area contributed by atoms with Crippen molar-refractivity contribution in [1.82, 2.24) is 15.0 Å². The van der Waals surface area contributed by atoms with Gasteiger partial charge in [-0.3, -0.25) is 0 Å². The van der Waals surface area contributed by atoms with Crippen molar-refractivity contribution >= 4 is 21.5 Å². The molecule has 0 aliphatic heterocycles. The number of rotatable bonds is 8. The number of halogens is 2. The number of sulfone groups is 1. The first-order valence-electron chi connectivity index (χ1n) is 10.1. The Morgan fingerprint density at radius 1 is 0.912 bits per heavy atom. The number of hydrogen-bond acceptors (Lipinski definition) is 7. The van der Waals surface area contributed by atoms with Crippen LogP contribution in [0.5, 0.6) is 5.75 Å². The second-order valence-electron chi connectivity index (χ2n) is 7.59. The number of nitrogens with one attached hydrogen (secondary N) is 1. The maximum atomic E-state index is 14.0. The minimum atomic E-state index is -3.19. The van der Waals surface area contributed by atoms with Crippen molar-refractivity contribution < 1.29 is 21.9 Å². The van der Waals surface area contributed by atoms with Gasteiger partial charge < -0.3 is 10.1 Å². The standard InChI is InChI=1S/C24H20F2N4O3S/c1-34(31,32)14-17-5-3-7-20(11-17)29-24-28-15-27-23(30-24)21-12-19(26)8-9-22(21)33-13-16-4-2-6-18(25)10-16/h2-12,15H,13-14H2,1H3,(H,27,28,29,30). The normalized spacial score (nSPS) is 11.3. The lowest BCUT2D eigenvalue weighted by molar-refractivity contribution is 0.306. The van der Waals surface area contributed by atoms with E-state index < -0.39 is 15.7 Å². The van der Waals surface area contributed by atoms with Gasteiger partial charge in [0.2, 0.25) is 5.95 Å². The van der Waals surface area contributed by atoms with Gasteiger partial charge in [0.15, 0.2) is 15.7 Å². The molecule has 0 saturated heterocycles. The summed E-state index contributed by atoms with van der Waals surface area (Å²) in [6.45, 7) is 0.0692. The van der Waals surface area contributed by atoms with Gasteiger partial charge in [-0.15, -0.1) is 0 Å². The molecule has 1 heterocycles. The van der Waals surface area contributed by atoms with Crippen LogP contribution in [-0.2, 0) is 22.2 Å². The molecule has 0 radical (unpaired) electrons. The van der Waals surface area contributed by atoms with E-state index in [2.05, 4.69) is 20.3 Å². The maximum Gasteiger partial charge on any atom is 0.230 e. The van der Waals surface area contributed by atoms with Crippen molar-refractivity contribution in [3.05, 3.63) is 95.8 Å². The van der Waals surface area contributed by atoms with Gasteiger partial charge in [-0.1, -0.05) is 24.3 Å². The molecule has 0 atom stereocenters. The van der Waals surface area contributed by atoms with E-state index in [0.717, 1.165) is 6.26 Å². The van der Waals surface area contributed by atoms with Gasteiger partial charge in [-0.25, -0.2) is 27.2 Å². The van der Waals surface area contributed by atoms with E-state index in [1.165, 1.54) is 36.7 Å². The molecule has 1 N–H and O–H groups in total. The third-order valence-corrected chi connectivity index (χ3v) is 5.51. The SMILES string of the molecule is CS(=O)(=O)Cc1cccc(Nc2ncnc(-c3cc(F)ccc3OCc3cccc(F)c3)n2)c1. The third kappa shape index (κ3) is 6.32. The van der Waals surface area contributed by atoms with Gasteiger partial charge in [0, 0.05) is 11.9 Å².